The molecule has 6 atom stereocenters. The molecule has 1 fully saturated rings. The fourth-order valence-corrected chi connectivity index (χ4v) is 13.7. The number of hydrogen-bond donors (Lipinski definition) is 0. The van der Waals surface area contributed by atoms with E-state index in [1.807, 2.05) is 206 Å². The first kappa shape index (κ1) is 65.0. The first-order valence-electron chi connectivity index (χ1n) is 29.1. The van der Waals surface area contributed by atoms with Gasteiger partial charge in [0.2, 0.25) is 0 Å². The fourth-order valence-electron chi connectivity index (χ4n) is 9.61. The molecule has 89 heavy (non-hydrogen) atoms. The van der Waals surface area contributed by atoms with E-state index in [1.54, 1.807) is 67.8 Å². The third-order valence-corrected chi connectivity index (χ3v) is 18.4. The van der Waals surface area contributed by atoms with Crippen LogP contribution in [-0.2, 0) is 128 Å². The van der Waals surface area contributed by atoms with Gasteiger partial charge in [0.25, 0.3) is 0 Å². The summed E-state index contributed by atoms with van der Waals surface area (Å²) < 4.78 is 135. The maximum Gasteiger partial charge on any atom is 0.475 e. The zero-order valence-corrected chi connectivity index (χ0v) is 51.8. The second kappa shape index (κ2) is 33.2. The van der Waals surface area contributed by atoms with Gasteiger partial charge in [-0.2, -0.15) is 0 Å². The largest absolute Gasteiger partial charge is 0.497 e. The molecule has 10 rings (SSSR count). The van der Waals surface area contributed by atoms with Crippen molar-refractivity contribution in [2.75, 3.05) is 7.11 Å². The van der Waals surface area contributed by atoms with Crippen molar-refractivity contribution in [2.45, 2.75) is 96.1 Å². The summed E-state index contributed by atoms with van der Waals surface area (Å²) in [6.07, 6.45) is -9.91. The summed E-state index contributed by atoms with van der Waals surface area (Å²) in [4.78, 5) is 0. The van der Waals surface area contributed by atoms with Gasteiger partial charge in [-0.15, -0.1) is 0 Å². The Bertz CT molecular complexity index is 3480. The van der Waals surface area contributed by atoms with Crippen LogP contribution in [0.4, 0.5) is 0 Å². The zero-order chi connectivity index (χ0) is 61.4. The lowest BCUT2D eigenvalue weighted by Crippen LogP contribution is -2.67. The summed E-state index contributed by atoms with van der Waals surface area (Å²) in [7, 11) is -13.3. The molecule has 0 aliphatic heterocycles. The van der Waals surface area contributed by atoms with E-state index in [9.17, 15) is 0 Å². The molecule has 0 saturated heterocycles. The van der Waals surface area contributed by atoms with Gasteiger partial charge in [-0.25, -0.2) is 13.7 Å². The molecule has 0 aromatic heterocycles. The summed E-state index contributed by atoms with van der Waals surface area (Å²) in [6, 6.07) is 80.4. The van der Waals surface area contributed by atoms with Gasteiger partial charge in [-0.05, 0) is 62.2 Å². The van der Waals surface area contributed by atoms with Crippen LogP contribution in [0, 0.1) is 0 Å². The average Bonchev–Trinajstić information content (AvgIpc) is 0.936. The van der Waals surface area contributed by atoms with Crippen LogP contribution in [0.2, 0.25) is 0 Å². The van der Waals surface area contributed by atoms with Crippen LogP contribution in [-0.4, -0.2) is 43.7 Å². The summed E-state index contributed by atoms with van der Waals surface area (Å²) in [6.45, 7) is -1.96. The van der Waals surface area contributed by atoms with Crippen LogP contribution < -0.4 is 4.74 Å². The number of rotatable bonds is 34. The van der Waals surface area contributed by atoms with Gasteiger partial charge >= 0.3 is 23.5 Å². The smallest absolute Gasteiger partial charge is 0.475 e. The minimum absolute atomic E-state index is 0.108. The number of hydrogen-bond acceptors (Lipinski definition) is 16. The Balaban J connectivity index is 1.18. The third-order valence-electron chi connectivity index (χ3n) is 14.3. The quantitative estimate of drug-likeness (QED) is 0.0349. The fraction of sp³-hybridized carbons (Fsp3) is 0.229. The Kier molecular flexibility index (Phi) is 24.2. The van der Waals surface area contributed by atoms with Crippen molar-refractivity contribution in [1.82, 2.24) is 0 Å². The Morgan fingerprint density at radius 2 is 0.416 bits per heavy atom. The van der Waals surface area contributed by atoms with Gasteiger partial charge in [0, 0.05) is 0 Å². The predicted octanol–water partition coefficient (Wildman–Crippen LogP) is 16.5. The van der Waals surface area contributed by atoms with Gasteiger partial charge < -0.3 is 18.9 Å². The molecule has 9 aromatic rings. The van der Waals surface area contributed by atoms with E-state index in [2.05, 4.69) is 0 Å². The normalized spacial score (nSPS) is 17.9. The molecule has 462 valence electrons. The van der Waals surface area contributed by atoms with E-state index >= 15 is 13.7 Å². The minimum atomic E-state index is -4.99. The Labute approximate surface area is 520 Å². The molecule has 0 spiro atoms. The highest BCUT2D eigenvalue weighted by atomic mass is 31.2. The Morgan fingerprint density at radius 1 is 0.236 bits per heavy atom. The number of ether oxygens (including phenoxy) is 4. The topological polar surface area (TPSA) is 171 Å². The van der Waals surface area contributed by atoms with Crippen LogP contribution in [0.1, 0.15) is 50.1 Å². The SMILES string of the molecule is COc1ccc(COC2C(OCc3ccccc3)C(OP(=O)(OCc3ccccc3)OCc3ccccc3)C(OCc3ccccc3)C(OP(=O)(OCc3ccccc3)OCc3ccccc3)C2OP(=O)(OCc2ccccc2)OCc2ccccc2)cc1. The van der Waals surface area contributed by atoms with Crippen LogP contribution in [0.15, 0.2) is 267 Å². The average molecular weight is 1260 g/mol. The lowest BCUT2D eigenvalue weighted by atomic mass is 9.84. The van der Waals surface area contributed by atoms with Gasteiger partial charge in [-0.1, -0.05) is 255 Å². The first-order valence-corrected chi connectivity index (χ1v) is 33.5. The van der Waals surface area contributed by atoms with Crippen molar-refractivity contribution in [1.29, 1.82) is 0 Å². The number of phosphoric acid groups is 3. The molecule has 0 heterocycles. The van der Waals surface area contributed by atoms with E-state index in [1.165, 1.54) is 0 Å². The highest BCUT2D eigenvalue weighted by Gasteiger charge is 2.61. The molecular weight excluding hydrogens is 1190 g/mol. The molecule has 1 aliphatic carbocycles. The standard InChI is InChI=1S/C70H71O16P3/c1-74-64-44-42-63(43-45-64)48-76-66-65(75-46-55-26-10-2-11-27-55)68(84-87(71,78-49-57-30-14-4-15-31-57)79-50-58-32-16-5-17-33-58)67(77-47-56-28-12-3-13-29-56)70(86-89(73,82-53-61-38-22-8-23-39-61)83-54-62-40-24-9-25-41-62)69(66)85-88(72,80-51-59-34-18-6-19-35-59)81-52-60-36-20-7-21-37-60/h2-45,65-70H,46-54H2,1H3. The number of methoxy groups -OCH3 is 1. The van der Waals surface area contributed by atoms with Crippen LogP contribution in [0.3, 0.4) is 0 Å². The van der Waals surface area contributed by atoms with Crippen LogP contribution in [0.25, 0.3) is 0 Å². The van der Waals surface area contributed by atoms with Crippen molar-refractivity contribution in [3.05, 3.63) is 317 Å². The first-order chi connectivity index (χ1) is 43.6. The van der Waals surface area contributed by atoms with Crippen molar-refractivity contribution in [3.8, 4) is 5.75 Å². The maximum atomic E-state index is 16.3. The molecule has 0 N–H and O–H groups in total. The Hall–Kier alpha value is -7.01. The van der Waals surface area contributed by atoms with Crippen LogP contribution in [0.5, 0.6) is 5.75 Å². The molecule has 16 nitrogen and oxygen atoms in total. The number of phosphoric ester groups is 3. The van der Waals surface area contributed by atoms with Crippen molar-refractivity contribution < 1.29 is 73.4 Å². The molecule has 6 unspecified atom stereocenters. The molecule has 9 aromatic carbocycles. The van der Waals surface area contributed by atoms with Crippen molar-refractivity contribution in [3.63, 3.8) is 0 Å². The summed E-state index contributed by atoms with van der Waals surface area (Å²) in [5.41, 5.74) is 5.89. The van der Waals surface area contributed by atoms with Gasteiger partial charge in [0.05, 0.1) is 66.6 Å². The van der Waals surface area contributed by atoms with E-state index in [0.29, 0.717) is 50.3 Å². The zero-order valence-electron chi connectivity index (χ0n) is 49.1. The lowest BCUT2D eigenvalue weighted by Gasteiger charge is -2.50. The molecule has 0 bridgehead atoms. The number of benzene rings is 9. The van der Waals surface area contributed by atoms with E-state index in [-0.39, 0.29) is 59.5 Å². The third kappa shape index (κ3) is 20.0. The molecule has 19 heteroatoms. The van der Waals surface area contributed by atoms with Crippen molar-refractivity contribution in [2.24, 2.45) is 0 Å². The molecule has 0 amide bonds. The highest BCUT2D eigenvalue weighted by Crippen LogP contribution is 2.61. The second-order valence-corrected chi connectivity index (χ2v) is 25.6. The molecular formula is C70H71O16P3. The predicted molar refractivity (Wildman–Crippen MR) is 336 cm³/mol. The summed E-state index contributed by atoms with van der Waals surface area (Å²) in [5.74, 6) is 0.590. The van der Waals surface area contributed by atoms with Gasteiger partial charge in [0.15, 0.2) is 0 Å². The summed E-state index contributed by atoms with van der Waals surface area (Å²) >= 11 is 0. The van der Waals surface area contributed by atoms with E-state index < -0.39 is 60.1 Å². The highest BCUT2D eigenvalue weighted by molar-refractivity contribution is 7.49. The minimum Gasteiger partial charge on any atom is -0.497 e. The molecule has 0 radical (unpaired) electrons. The van der Waals surface area contributed by atoms with Gasteiger partial charge in [0.1, 0.15) is 42.4 Å². The van der Waals surface area contributed by atoms with Gasteiger partial charge in [-0.3, -0.25) is 40.7 Å². The summed E-state index contributed by atoms with van der Waals surface area (Å²) in [5, 5.41) is 0. The maximum absolute atomic E-state index is 16.3. The monoisotopic (exact) mass is 1260 g/mol. The lowest BCUT2D eigenvalue weighted by molar-refractivity contribution is -0.255. The van der Waals surface area contributed by atoms with E-state index in [4.69, 9.17) is 59.7 Å². The molecule has 1 saturated carbocycles. The van der Waals surface area contributed by atoms with Crippen LogP contribution >= 0.6 is 23.5 Å². The molecule has 1 aliphatic rings. The van der Waals surface area contributed by atoms with E-state index in [0.717, 1.165) is 5.56 Å². The van der Waals surface area contributed by atoms with Crippen molar-refractivity contribution >= 4 is 23.5 Å². The Morgan fingerprint density at radius 3 is 0.629 bits per heavy atom. The second-order valence-electron chi connectivity index (χ2n) is 20.8.